The van der Waals surface area contributed by atoms with Crippen LogP contribution in [0.15, 0.2) is 72.3 Å². The van der Waals surface area contributed by atoms with Crippen LogP contribution in [0.25, 0.3) is 5.76 Å². The number of rotatable bonds is 10. The molecule has 5 rings (SSSR count). The first-order chi connectivity index (χ1) is 19.9. The molecule has 2 aliphatic heterocycles. The quantitative estimate of drug-likeness (QED) is 0.198. The van der Waals surface area contributed by atoms with Crippen molar-refractivity contribution in [1.82, 2.24) is 4.90 Å². The minimum absolute atomic E-state index is 0.00951. The van der Waals surface area contributed by atoms with E-state index in [2.05, 4.69) is 13.8 Å². The second-order valence-electron chi connectivity index (χ2n) is 10.5. The Balaban J connectivity index is 1.55. The molecule has 1 amide bonds. The van der Waals surface area contributed by atoms with Gasteiger partial charge in [-0.1, -0.05) is 50.2 Å². The Bertz CT molecular complexity index is 1450. The summed E-state index contributed by atoms with van der Waals surface area (Å²) in [5.74, 6) is 0.899. The Hall–Kier alpha value is -4.46. The van der Waals surface area contributed by atoms with Gasteiger partial charge in [0.2, 0.25) is 0 Å². The largest absolute Gasteiger partial charge is 0.507 e. The highest BCUT2D eigenvalue weighted by atomic mass is 16.6. The van der Waals surface area contributed by atoms with E-state index in [1.807, 2.05) is 36.4 Å². The predicted octanol–water partition coefficient (Wildman–Crippen LogP) is 5.56. The van der Waals surface area contributed by atoms with E-state index in [1.165, 1.54) is 4.90 Å². The van der Waals surface area contributed by atoms with Gasteiger partial charge < -0.3 is 29.0 Å². The van der Waals surface area contributed by atoms with Gasteiger partial charge in [-0.05, 0) is 60.2 Å². The topological polar surface area (TPSA) is 94.5 Å². The van der Waals surface area contributed by atoms with Gasteiger partial charge in [-0.15, -0.1) is 0 Å². The van der Waals surface area contributed by atoms with Gasteiger partial charge in [-0.25, -0.2) is 0 Å². The van der Waals surface area contributed by atoms with Crippen LogP contribution in [0.4, 0.5) is 0 Å². The van der Waals surface area contributed by atoms with Crippen LogP contribution in [0, 0.1) is 5.92 Å². The van der Waals surface area contributed by atoms with Gasteiger partial charge in [-0.3, -0.25) is 9.59 Å². The first-order valence-corrected chi connectivity index (χ1v) is 13.9. The maximum atomic E-state index is 13.5. The van der Waals surface area contributed by atoms with E-state index >= 15 is 0 Å². The van der Waals surface area contributed by atoms with Gasteiger partial charge in [0.05, 0.1) is 25.3 Å². The molecule has 1 saturated heterocycles. The first kappa shape index (κ1) is 28.1. The van der Waals surface area contributed by atoms with E-state index in [9.17, 15) is 14.7 Å². The highest BCUT2D eigenvalue weighted by molar-refractivity contribution is 6.46. The number of ether oxygens (including phenoxy) is 4. The van der Waals surface area contributed by atoms with Crippen LogP contribution < -0.4 is 18.9 Å². The maximum Gasteiger partial charge on any atom is 0.295 e. The molecular formula is C33H35NO7. The summed E-state index contributed by atoms with van der Waals surface area (Å²) in [6.45, 7) is 5.89. The van der Waals surface area contributed by atoms with Crippen molar-refractivity contribution in [2.24, 2.45) is 5.92 Å². The fraction of sp³-hybridized carbons (Fsp3) is 0.333. The molecule has 0 saturated carbocycles. The molecule has 3 aromatic rings. The highest BCUT2D eigenvalue weighted by Crippen LogP contribution is 2.43. The van der Waals surface area contributed by atoms with E-state index in [-0.39, 0.29) is 17.9 Å². The standard InChI is InChI=1S/C33H35NO7/c1-21(2)14-16-39-25-11-9-23(19-27(25)38-3)30-29(31(35)24-10-12-26-28(20-24)41-18-17-40-26)32(36)33(37)34(30)15-13-22-7-5-4-6-8-22/h4-12,19-21,30,35H,13-18H2,1-3H3/b31-29+. The minimum Gasteiger partial charge on any atom is -0.507 e. The number of nitrogens with zero attached hydrogens (tertiary/aromatic N) is 1. The van der Waals surface area contributed by atoms with E-state index in [0.29, 0.717) is 66.3 Å². The van der Waals surface area contributed by atoms with Crippen molar-refractivity contribution in [3.8, 4) is 23.0 Å². The summed E-state index contributed by atoms with van der Waals surface area (Å²) < 4.78 is 22.9. The van der Waals surface area contributed by atoms with Crippen LogP contribution in [0.5, 0.6) is 23.0 Å². The number of likely N-dealkylation sites (tertiary alicyclic amines) is 1. The summed E-state index contributed by atoms with van der Waals surface area (Å²) >= 11 is 0. The molecule has 1 atom stereocenters. The average molecular weight is 558 g/mol. The van der Waals surface area contributed by atoms with Gasteiger partial charge in [0, 0.05) is 12.1 Å². The lowest BCUT2D eigenvalue weighted by atomic mass is 9.94. The lowest BCUT2D eigenvalue weighted by Crippen LogP contribution is -2.31. The second-order valence-corrected chi connectivity index (χ2v) is 10.5. The van der Waals surface area contributed by atoms with Crippen LogP contribution >= 0.6 is 0 Å². The minimum atomic E-state index is -0.828. The first-order valence-electron chi connectivity index (χ1n) is 13.9. The normalized spacial score (nSPS) is 17.7. The molecule has 8 heteroatoms. The Morgan fingerprint density at radius 3 is 2.46 bits per heavy atom. The zero-order chi connectivity index (χ0) is 28.9. The molecule has 0 bridgehead atoms. The number of benzene rings is 3. The van der Waals surface area contributed by atoms with Gasteiger partial charge in [0.25, 0.3) is 11.7 Å². The zero-order valence-electron chi connectivity index (χ0n) is 23.6. The molecule has 3 aromatic carbocycles. The number of aliphatic hydroxyl groups is 1. The Labute approximate surface area is 240 Å². The Morgan fingerprint density at radius 2 is 1.73 bits per heavy atom. The van der Waals surface area contributed by atoms with Crippen molar-refractivity contribution in [2.75, 3.05) is 33.5 Å². The molecule has 2 heterocycles. The summed E-state index contributed by atoms with van der Waals surface area (Å²) in [4.78, 5) is 28.5. The fourth-order valence-electron chi connectivity index (χ4n) is 5.08. The number of carbonyl (C=O) groups is 2. The summed E-state index contributed by atoms with van der Waals surface area (Å²) in [6.07, 6.45) is 1.43. The predicted molar refractivity (Wildman–Crippen MR) is 155 cm³/mol. The Morgan fingerprint density at radius 1 is 0.976 bits per heavy atom. The Kier molecular flexibility index (Phi) is 8.47. The lowest BCUT2D eigenvalue weighted by Gasteiger charge is -2.26. The molecule has 0 aromatic heterocycles. The number of carbonyl (C=O) groups excluding carboxylic acids is 2. The maximum absolute atomic E-state index is 13.5. The highest BCUT2D eigenvalue weighted by Gasteiger charge is 2.46. The smallest absolute Gasteiger partial charge is 0.295 e. The summed E-state index contributed by atoms with van der Waals surface area (Å²) in [5, 5.41) is 11.5. The van der Waals surface area contributed by atoms with Gasteiger partial charge in [0.15, 0.2) is 23.0 Å². The molecule has 0 aliphatic carbocycles. The SMILES string of the molecule is COc1cc(C2/C(=C(\O)c3ccc4c(c3)OCCO4)C(=O)C(=O)N2CCc2ccccc2)ccc1OCCC(C)C. The van der Waals surface area contributed by atoms with Gasteiger partial charge in [0.1, 0.15) is 19.0 Å². The molecule has 1 N–H and O–H groups in total. The van der Waals surface area contributed by atoms with Crippen molar-refractivity contribution < 1.29 is 33.6 Å². The monoisotopic (exact) mass is 557 g/mol. The molecule has 8 nitrogen and oxygen atoms in total. The number of methoxy groups -OCH3 is 1. The molecule has 0 spiro atoms. The molecule has 214 valence electrons. The number of fused-ring (bicyclic) bond motifs is 1. The van der Waals surface area contributed by atoms with E-state index in [4.69, 9.17) is 18.9 Å². The van der Waals surface area contributed by atoms with Crippen molar-refractivity contribution >= 4 is 17.4 Å². The molecule has 41 heavy (non-hydrogen) atoms. The van der Waals surface area contributed by atoms with E-state index in [1.54, 1.807) is 37.4 Å². The second kappa shape index (κ2) is 12.4. The number of hydrogen-bond donors (Lipinski definition) is 1. The molecular weight excluding hydrogens is 522 g/mol. The van der Waals surface area contributed by atoms with Crippen molar-refractivity contribution in [3.05, 3.63) is 89.0 Å². The van der Waals surface area contributed by atoms with Gasteiger partial charge in [-0.2, -0.15) is 0 Å². The third-order valence-electron chi connectivity index (χ3n) is 7.30. The van der Waals surface area contributed by atoms with E-state index < -0.39 is 17.7 Å². The molecule has 1 fully saturated rings. The number of Topliss-reactive ketones (excluding diaryl/α,β-unsaturated/α-hetero) is 1. The van der Waals surface area contributed by atoms with Crippen LogP contribution in [-0.2, 0) is 16.0 Å². The van der Waals surface area contributed by atoms with Crippen LogP contribution in [0.2, 0.25) is 0 Å². The van der Waals surface area contributed by atoms with Crippen LogP contribution in [0.1, 0.15) is 43.0 Å². The number of ketones is 1. The van der Waals surface area contributed by atoms with Crippen LogP contribution in [0.3, 0.4) is 0 Å². The van der Waals surface area contributed by atoms with Crippen molar-refractivity contribution in [1.29, 1.82) is 0 Å². The average Bonchev–Trinajstić information content (AvgIpc) is 3.24. The molecule has 2 aliphatic rings. The molecule has 1 unspecified atom stereocenters. The number of aliphatic hydroxyl groups excluding tert-OH is 1. The third kappa shape index (κ3) is 6.01. The molecule has 0 radical (unpaired) electrons. The fourth-order valence-corrected chi connectivity index (χ4v) is 5.08. The van der Waals surface area contributed by atoms with E-state index in [0.717, 1.165) is 12.0 Å². The van der Waals surface area contributed by atoms with Gasteiger partial charge >= 0.3 is 0 Å². The number of amides is 1. The summed E-state index contributed by atoms with van der Waals surface area (Å²) in [5.41, 5.74) is 2.03. The van der Waals surface area contributed by atoms with Crippen molar-refractivity contribution in [3.63, 3.8) is 0 Å². The number of hydrogen-bond acceptors (Lipinski definition) is 7. The summed E-state index contributed by atoms with van der Waals surface area (Å²) in [6, 6.07) is 19.3. The van der Waals surface area contributed by atoms with Crippen molar-refractivity contribution in [2.45, 2.75) is 32.7 Å². The summed E-state index contributed by atoms with van der Waals surface area (Å²) in [7, 11) is 1.55. The van der Waals surface area contributed by atoms with Crippen LogP contribution in [-0.4, -0.2) is 55.2 Å². The lowest BCUT2D eigenvalue weighted by molar-refractivity contribution is -0.139. The zero-order valence-corrected chi connectivity index (χ0v) is 23.6. The third-order valence-corrected chi connectivity index (χ3v) is 7.30.